The predicted octanol–water partition coefficient (Wildman–Crippen LogP) is 5.83. The minimum absolute atomic E-state index is 0.0312. The summed E-state index contributed by atoms with van der Waals surface area (Å²) in [4.78, 5) is 1.88. The first-order chi connectivity index (χ1) is 13.4. The van der Waals surface area contributed by atoms with Crippen LogP contribution in [0.2, 0.25) is 0 Å². The molecule has 0 aliphatic carbocycles. The molecule has 0 N–H and O–H groups in total. The highest BCUT2D eigenvalue weighted by Crippen LogP contribution is 2.39. The van der Waals surface area contributed by atoms with Crippen LogP contribution in [0.4, 0.5) is 13.2 Å². The number of likely N-dealkylation sites (tertiary alicyclic amines) is 1. The average molecular weight is 456 g/mol. The molecule has 0 unspecified atom stereocenters. The number of halogens is 4. The molecule has 0 saturated carbocycles. The summed E-state index contributed by atoms with van der Waals surface area (Å²) in [6, 6.07) is 13.5. The van der Waals surface area contributed by atoms with E-state index in [1.54, 1.807) is 0 Å². The van der Waals surface area contributed by atoms with Crippen molar-refractivity contribution in [2.24, 2.45) is 5.92 Å². The third-order valence-electron chi connectivity index (χ3n) is 5.26. The molecule has 2 atom stereocenters. The summed E-state index contributed by atoms with van der Waals surface area (Å²) in [5, 5.41) is 0. The highest BCUT2D eigenvalue weighted by Gasteiger charge is 2.41. The van der Waals surface area contributed by atoms with Crippen molar-refractivity contribution in [1.82, 2.24) is 4.90 Å². The van der Waals surface area contributed by atoms with Gasteiger partial charge in [-0.2, -0.15) is 13.2 Å². The molecule has 0 radical (unpaired) electrons. The molecule has 2 aromatic carbocycles. The number of ether oxygens (including phenoxy) is 2. The zero-order valence-electron chi connectivity index (χ0n) is 15.2. The number of hydrogen-bond donors (Lipinski definition) is 0. The Labute approximate surface area is 170 Å². The van der Waals surface area contributed by atoms with Crippen LogP contribution in [0.1, 0.15) is 35.8 Å². The smallest absolute Gasteiger partial charge is 0.393 e. The van der Waals surface area contributed by atoms with Crippen molar-refractivity contribution in [3.05, 3.63) is 63.6 Å². The van der Waals surface area contributed by atoms with Crippen LogP contribution < -0.4 is 4.74 Å². The number of rotatable bonds is 3. The molecule has 1 saturated heterocycles. The topological polar surface area (TPSA) is 21.7 Å². The van der Waals surface area contributed by atoms with Gasteiger partial charge in [0.1, 0.15) is 5.75 Å². The number of alkyl halides is 3. The van der Waals surface area contributed by atoms with Gasteiger partial charge in [0.05, 0.1) is 12.5 Å². The first kappa shape index (κ1) is 19.7. The Bertz CT molecular complexity index is 828. The monoisotopic (exact) mass is 455 g/mol. The summed E-state index contributed by atoms with van der Waals surface area (Å²) in [5.41, 5.74) is 2.70. The maximum absolute atomic E-state index is 13.2. The molecule has 0 amide bonds. The van der Waals surface area contributed by atoms with Crippen LogP contribution in [0.15, 0.2) is 46.9 Å². The van der Waals surface area contributed by atoms with Gasteiger partial charge in [-0.25, -0.2) is 0 Å². The van der Waals surface area contributed by atoms with Crippen molar-refractivity contribution in [3.8, 4) is 5.75 Å². The third-order valence-corrected chi connectivity index (χ3v) is 5.71. The van der Waals surface area contributed by atoms with Crippen molar-refractivity contribution < 1.29 is 22.6 Å². The van der Waals surface area contributed by atoms with E-state index in [1.807, 2.05) is 47.4 Å². The molecule has 2 aliphatic rings. The van der Waals surface area contributed by atoms with Crippen molar-refractivity contribution in [2.75, 3.05) is 13.1 Å². The van der Waals surface area contributed by atoms with Crippen LogP contribution in [0, 0.1) is 5.92 Å². The van der Waals surface area contributed by atoms with Crippen LogP contribution in [0.3, 0.4) is 0 Å². The molecule has 3 nitrogen and oxygen atoms in total. The molecule has 0 spiro atoms. The van der Waals surface area contributed by atoms with E-state index in [1.165, 1.54) is 0 Å². The zero-order chi connectivity index (χ0) is 19.7. The second-order valence-corrected chi connectivity index (χ2v) is 8.26. The summed E-state index contributed by atoms with van der Waals surface area (Å²) < 4.78 is 52.3. The molecule has 2 aromatic rings. The fourth-order valence-corrected chi connectivity index (χ4v) is 4.43. The van der Waals surface area contributed by atoms with Crippen molar-refractivity contribution in [3.63, 3.8) is 0 Å². The van der Waals surface area contributed by atoms with E-state index in [4.69, 9.17) is 9.47 Å². The lowest BCUT2D eigenvalue weighted by molar-refractivity contribution is -0.187. The quantitative estimate of drug-likeness (QED) is 0.580. The fraction of sp³-hybridized carbons (Fsp3) is 0.429. The van der Waals surface area contributed by atoms with Crippen LogP contribution in [-0.4, -0.2) is 24.2 Å². The molecule has 2 aliphatic heterocycles. The lowest BCUT2D eigenvalue weighted by Gasteiger charge is -2.35. The number of fused-ring (bicyclic) bond motifs is 1. The predicted molar refractivity (Wildman–Crippen MR) is 103 cm³/mol. The van der Waals surface area contributed by atoms with Crippen molar-refractivity contribution in [1.29, 1.82) is 0 Å². The summed E-state index contributed by atoms with van der Waals surface area (Å²) >= 11 is 3.50. The Morgan fingerprint density at radius 3 is 2.68 bits per heavy atom. The zero-order valence-corrected chi connectivity index (χ0v) is 16.8. The van der Waals surface area contributed by atoms with Crippen LogP contribution in [0.5, 0.6) is 5.75 Å². The van der Waals surface area contributed by atoms with Gasteiger partial charge in [-0.1, -0.05) is 46.3 Å². The minimum Gasteiger partial charge on any atom is -0.460 e. The molecule has 1 fully saturated rings. The third kappa shape index (κ3) is 4.36. The van der Waals surface area contributed by atoms with Gasteiger partial charge < -0.3 is 9.47 Å². The van der Waals surface area contributed by atoms with E-state index in [-0.39, 0.29) is 13.0 Å². The Balaban J connectivity index is 1.56. The fourth-order valence-electron chi connectivity index (χ4n) is 3.88. The summed E-state index contributed by atoms with van der Waals surface area (Å²) in [6.45, 7) is 1.51. The molecular weight excluding hydrogens is 435 g/mol. The Morgan fingerprint density at radius 2 is 1.93 bits per heavy atom. The molecule has 2 heterocycles. The maximum Gasteiger partial charge on any atom is 0.393 e. The van der Waals surface area contributed by atoms with Gasteiger partial charge in [-0.05, 0) is 31.5 Å². The molecule has 4 rings (SSSR count). The lowest BCUT2D eigenvalue weighted by Crippen LogP contribution is -2.41. The van der Waals surface area contributed by atoms with E-state index < -0.39 is 18.4 Å². The van der Waals surface area contributed by atoms with E-state index in [0.29, 0.717) is 26.1 Å². The van der Waals surface area contributed by atoms with Gasteiger partial charge in [0.25, 0.3) is 0 Å². The highest BCUT2D eigenvalue weighted by atomic mass is 79.9. The second-order valence-electron chi connectivity index (χ2n) is 7.34. The van der Waals surface area contributed by atoms with Crippen molar-refractivity contribution in [2.45, 2.75) is 38.5 Å². The largest absolute Gasteiger partial charge is 0.460 e. The van der Waals surface area contributed by atoms with E-state index in [9.17, 15) is 13.2 Å². The lowest BCUT2D eigenvalue weighted by atomic mass is 9.96. The van der Waals surface area contributed by atoms with Gasteiger partial charge in [-0.3, -0.25) is 4.90 Å². The minimum atomic E-state index is -4.14. The molecule has 0 bridgehead atoms. The summed E-state index contributed by atoms with van der Waals surface area (Å²) in [5.74, 6) is -0.539. The van der Waals surface area contributed by atoms with Gasteiger partial charge in [-0.15, -0.1) is 0 Å². The number of piperidine rings is 1. The molecule has 28 heavy (non-hydrogen) atoms. The number of benzene rings is 2. The van der Waals surface area contributed by atoms with E-state index in [0.717, 1.165) is 26.9 Å². The SMILES string of the molecule is FC(F)(F)[C@H]1CCCN(Cc2cc(Br)cc3c2O[C@@H](c2ccccc2)OC3)C1. The van der Waals surface area contributed by atoms with E-state index >= 15 is 0 Å². The first-order valence-corrected chi connectivity index (χ1v) is 10.1. The van der Waals surface area contributed by atoms with E-state index in [2.05, 4.69) is 15.9 Å². The average Bonchev–Trinajstić information content (AvgIpc) is 2.68. The van der Waals surface area contributed by atoms with Crippen LogP contribution >= 0.6 is 15.9 Å². The molecular formula is C21H21BrF3NO2. The Hall–Kier alpha value is -1.57. The molecule has 0 aromatic heterocycles. The molecule has 7 heteroatoms. The summed E-state index contributed by atoms with van der Waals surface area (Å²) in [7, 11) is 0. The van der Waals surface area contributed by atoms with Crippen molar-refractivity contribution >= 4 is 15.9 Å². The van der Waals surface area contributed by atoms with Gasteiger partial charge in [0.2, 0.25) is 6.29 Å². The first-order valence-electron chi connectivity index (χ1n) is 9.34. The standard InChI is InChI=1S/C21H21BrF3NO2/c22-18-9-15(11-26-8-4-7-17(12-26)21(23,24)25)19-16(10-18)13-27-20(28-19)14-5-2-1-3-6-14/h1-3,5-6,9-10,17,20H,4,7-8,11-13H2/t17-,20-/m0/s1. The van der Waals surface area contributed by atoms with Gasteiger partial charge >= 0.3 is 6.18 Å². The normalized spacial score (nSPS) is 23.1. The molecule has 150 valence electrons. The van der Waals surface area contributed by atoms with Gasteiger partial charge in [0, 0.05) is 34.3 Å². The Kier molecular flexibility index (Phi) is 5.67. The van der Waals surface area contributed by atoms with Crippen LogP contribution in [0.25, 0.3) is 0 Å². The highest BCUT2D eigenvalue weighted by molar-refractivity contribution is 9.10. The number of hydrogen-bond acceptors (Lipinski definition) is 3. The maximum atomic E-state index is 13.2. The Morgan fingerprint density at radius 1 is 1.14 bits per heavy atom. The number of nitrogens with zero attached hydrogens (tertiary/aromatic N) is 1. The summed E-state index contributed by atoms with van der Waals surface area (Å²) in [6.07, 6.45) is -3.90. The van der Waals surface area contributed by atoms with Crippen LogP contribution in [-0.2, 0) is 17.9 Å². The van der Waals surface area contributed by atoms with Gasteiger partial charge in [0.15, 0.2) is 0 Å². The second kappa shape index (κ2) is 8.05.